The molecule has 0 radical (unpaired) electrons. The van der Waals surface area contributed by atoms with Crippen molar-refractivity contribution >= 4 is 50.9 Å². The van der Waals surface area contributed by atoms with Crippen molar-refractivity contribution in [1.29, 1.82) is 0 Å². The molecule has 25 heavy (non-hydrogen) atoms. The predicted octanol–water partition coefficient (Wildman–Crippen LogP) is 7.05. The van der Waals surface area contributed by atoms with Gasteiger partial charge in [-0.2, -0.15) is 0 Å². The number of aryl methyl sites for hydroxylation is 4. The molecule has 0 amide bonds. The zero-order valence-corrected chi connectivity index (χ0v) is 19.2. The molecule has 0 bridgehead atoms. The predicted molar refractivity (Wildman–Crippen MR) is 126 cm³/mol. The van der Waals surface area contributed by atoms with Crippen molar-refractivity contribution < 1.29 is 0 Å². The summed E-state index contributed by atoms with van der Waals surface area (Å²) in [7, 11) is 0. The van der Waals surface area contributed by atoms with E-state index in [0.29, 0.717) is 0 Å². The van der Waals surface area contributed by atoms with E-state index in [2.05, 4.69) is 115 Å². The Morgan fingerprint density at radius 2 is 0.880 bits per heavy atom. The van der Waals surface area contributed by atoms with Crippen LogP contribution in [0.5, 0.6) is 0 Å². The van der Waals surface area contributed by atoms with Gasteiger partial charge in [0.05, 0.1) is 0 Å². The molecule has 0 unspecified atom stereocenters. The molecule has 3 rings (SSSR count). The summed E-state index contributed by atoms with van der Waals surface area (Å²) in [5.74, 6) is 0. The van der Waals surface area contributed by atoms with Crippen LogP contribution in [0.25, 0.3) is 22.3 Å². The van der Waals surface area contributed by atoms with Gasteiger partial charge < -0.3 is 5.73 Å². The summed E-state index contributed by atoms with van der Waals surface area (Å²) in [4.78, 5) is 0. The molecule has 0 heterocycles. The zero-order chi connectivity index (χ0) is 18.3. The van der Waals surface area contributed by atoms with E-state index in [1.807, 2.05) is 0 Å². The van der Waals surface area contributed by atoms with Crippen LogP contribution < -0.4 is 5.73 Å². The van der Waals surface area contributed by atoms with Gasteiger partial charge in [0.1, 0.15) is 0 Å². The number of anilines is 1. The summed E-state index contributed by atoms with van der Waals surface area (Å²) in [6, 6.07) is 15.5. The highest BCUT2D eigenvalue weighted by Gasteiger charge is 2.17. The number of hydrogen-bond donors (Lipinski definition) is 1. The quantitative estimate of drug-likeness (QED) is 0.268. The maximum atomic E-state index is 6.74. The van der Waals surface area contributed by atoms with E-state index < -0.39 is 0 Å². The third kappa shape index (κ3) is 3.87. The van der Waals surface area contributed by atoms with Crippen molar-refractivity contribution in [3.8, 4) is 22.3 Å². The molecule has 0 saturated heterocycles. The first-order valence-corrected chi connectivity index (χ1v) is 10.4. The van der Waals surface area contributed by atoms with Gasteiger partial charge in [0.15, 0.2) is 0 Å². The molecule has 0 spiro atoms. The molecule has 3 heteroatoms. The molecule has 3 aromatic rings. The molecule has 1 nitrogen and oxygen atoms in total. The van der Waals surface area contributed by atoms with Crippen molar-refractivity contribution in [2.24, 2.45) is 0 Å². The number of benzene rings is 3. The van der Waals surface area contributed by atoms with E-state index in [4.69, 9.17) is 5.73 Å². The van der Waals surface area contributed by atoms with Crippen molar-refractivity contribution in [2.75, 3.05) is 5.73 Å². The highest BCUT2D eigenvalue weighted by Crippen LogP contribution is 2.42. The minimum absolute atomic E-state index is 0.867. The van der Waals surface area contributed by atoms with Crippen molar-refractivity contribution in [2.45, 2.75) is 27.7 Å². The zero-order valence-electron chi connectivity index (χ0n) is 14.9. The van der Waals surface area contributed by atoms with Gasteiger partial charge in [0.25, 0.3) is 0 Å². The number of rotatable bonds is 2. The minimum atomic E-state index is 0.867. The minimum Gasteiger partial charge on any atom is -0.398 e. The fourth-order valence-electron chi connectivity index (χ4n) is 3.46. The number of nitrogens with two attached hydrogens (primary N) is 1. The van der Waals surface area contributed by atoms with E-state index in [1.165, 1.54) is 40.5 Å². The topological polar surface area (TPSA) is 26.0 Å². The largest absolute Gasteiger partial charge is 0.398 e. The second-order valence-electron chi connectivity index (χ2n) is 6.76. The van der Waals surface area contributed by atoms with Crippen LogP contribution in [0, 0.1) is 34.8 Å². The molecular formula is C22H21I2N. The summed E-state index contributed by atoms with van der Waals surface area (Å²) in [5, 5.41) is 0. The van der Waals surface area contributed by atoms with Gasteiger partial charge in [0.2, 0.25) is 0 Å². The normalized spacial score (nSPS) is 11.0. The number of nitrogen functional groups attached to an aromatic ring is 1. The van der Waals surface area contributed by atoms with Gasteiger partial charge in [-0.3, -0.25) is 0 Å². The number of hydrogen-bond acceptors (Lipinski definition) is 1. The maximum Gasteiger partial charge on any atom is 0.0494 e. The first kappa shape index (κ1) is 18.7. The van der Waals surface area contributed by atoms with Crippen LogP contribution in [0.15, 0.2) is 42.5 Å². The van der Waals surface area contributed by atoms with Gasteiger partial charge in [-0.1, -0.05) is 58.7 Å². The Morgan fingerprint density at radius 1 is 0.560 bits per heavy atom. The molecule has 0 aromatic heterocycles. The van der Waals surface area contributed by atoms with Crippen molar-refractivity contribution in [3.05, 3.63) is 71.9 Å². The SMILES string of the molecule is Cc1cc(C)cc(-c2c(I)cc(I)c(-c3cc(C)cc(C)c3)c2N)c1. The monoisotopic (exact) mass is 553 g/mol. The van der Waals surface area contributed by atoms with E-state index in [0.717, 1.165) is 16.8 Å². The molecule has 0 fully saturated rings. The summed E-state index contributed by atoms with van der Waals surface area (Å²) in [5.41, 5.74) is 17.3. The van der Waals surface area contributed by atoms with Gasteiger partial charge in [-0.15, -0.1) is 0 Å². The Balaban J connectivity index is 2.32. The third-order valence-electron chi connectivity index (χ3n) is 4.29. The second kappa shape index (κ2) is 7.27. The molecular weight excluding hydrogens is 532 g/mol. The summed E-state index contributed by atoms with van der Waals surface area (Å²) in [6.07, 6.45) is 0. The molecule has 128 valence electrons. The van der Waals surface area contributed by atoms with Crippen LogP contribution in [-0.4, -0.2) is 0 Å². The lowest BCUT2D eigenvalue weighted by atomic mass is 9.93. The molecule has 0 aliphatic rings. The first-order valence-electron chi connectivity index (χ1n) is 8.21. The van der Waals surface area contributed by atoms with Crippen LogP contribution in [0.4, 0.5) is 5.69 Å². The van der Waals surface area contributed by atoms with Gasteiger partial charge in [0, 0.05) is 24.0 Å². The van der Waals surface area contributed by atoms with Gasteiger partial charge in [-0.05, 0) is 90.1 Å². The van der Waals surface area contributed by atoms with Crippen molar-refractivity contribution in [1.82, 2.24) is 0 Å². The van der Waals surface area contributed by atoms with E-state index in [-0.39, 0.29) is 0 Å². The summed E-state index contributed by atoms with van der Waals surface area (Å²) in [6.45, 7) is 8.54. The number of halogens is 2. The smallest absolute Gasteiger partial charge is 0.0494 e. The molecule has 0 aliphatic heterocycles. The van der Waals surface area contributed by atoms with Crippen LogP contribution in [-0.2, 0) is 0 Å². The van der Waals surface area contributed by atoms with E-state index in [9.17, 15) is 0 Å². The standard InChI is InChI=1S/C22H21I2N/c1-12-5-13(2)8-16(7-12)20-18(23)11-19(24)21(22(20)25)17-9-14(3)6-15(4)10-17/h5-11H,25H2,1-4H3. The lowest BCUT2D eigenvalue weighted by Crippen LogP contribution is -2.00. The third-order valence-corrected chi connectivity index (χ3v) is 5.99. The van der Waals surface area contributed by atoms with Gasteiger partial charge in [-0.25, -0.2) is 0 Å². The van der Waals surface area contributed by atoms with Crippen LogP contribution in [0.3, 0.4) is 0 Å². The second-order valence-corrected chi connectivity index (χ2v) is 9.08. The summed E-state index contributed by atoms with van der Waals surface area (Å²) >= 11 is 4.81. The lowest BCUT2D eigenvalue weighted by molar-refractivity contribution is 1.37. The fraction of sp³-hybridized carbons (Fsp3) is 0.182. The molecule has 0 atom stereocenters. The highest BCUT2D eigenvalue weighted by atomic mass is 127. The van der Waals surface area contributed by atoms with Crippen LogP contribution in [0.2, 0.25) is 0 Å². The molecule has 0 aliphatic carbocycles. The Bertz CT molecular complexity index is 858. The maximum absolute atomic E-state index is 6.74. The average Bonchev–Trinajstić information content (AvgIpc) is 2.44. The Labute approximate surface area is 177 Å². The molecule has 0 saturated carbocycles. The Morgan fingerprint density at radius 3 is 1.20 bits per heavy atom. The Kier molecular flexibility index (Phi) is 5.44. The van der Waals surface area contributed by atoms with Crippen molar-refractivity contribution in [3.63, 3.8) is 0 Å². The van der Waals surface area contributed by atoms with Crippen LogP contribution >= 0.6 is 45.2 Å². The first-order chi connectivity index (χ1) is 11.8. The van der Waals surface area contributed by atoms with Gasteiger partial charge >= 0.3 is 0 Å². The highest BCUT2D eigenvalue weighted by molar-refractivity contribution is 14.1. The molecule has 2 N–H and O–H groups in total. The van der Waals surface area contributed by atoms with E-state index >= 15 is 0 Å². The average molecular weight is 553 g/mol. The molecule has 3 aromatic carbocycles. The fourth-order valence-corrected chi connectivity index (χ4v) is 5.89. The lowest BCUT2D eigenvalue weighted by Gasteiger charge is -2.18. The van der Waals surface area contributed by atoms with E-state index in [1.54, 1.807) is 0 Å². The Hall–Kier alpha value is -1.08. The van der Waals surface area contributed by atoms with Crippen LogP contribution in [0.1, 0.15) is 22.3 Å². The summed E-state index contributed by atoms with van der Waals surface area (Å²) < 4.78 is 2.38.